The second kappa shape index (κ2) is 5.13. The van der Waals surface area contributed by atoms with Gasteiger partial charge in [0.25, 0.3) is 5.56 Å². The van der Waals surface area contributed by atoms with E-state index in [1.54, 1.807) is 18.7 Å². The Morgan fingerprint density at radius 2 is 1.70 bits per heavy atom. The number of aromatic nitrogens is 1. The molecule has 20 heavy (non-hydrogen) atoms. The molecule has 0 aliphatic carbocycles. The summed E-state index contributed by atoms with van der Waals surface area (Å²) >= 11 is 0. The van der Waals surface area contributed by atoms with Gasteiger partial charge in [0, 0.05) is 18.2 Å². The maximum absolute atomic E-state index is 12.4. The van der Waals surface area contributed by atoms with E-state index in [-0.39, 0.29) is 5.56 Å². The van der Waals surface area contributed by atoms with Gasteiger partial charge < -0.3 is 15.0 Å². The molecule has 2 aromatic rings. The number of hydrogen-bond acceptors (Lipinski definition) is 3. The van der Waals surface area contributed by atoms with Crippen LogP contribution >= 0.6 is 0 Å². The number of nitrogens with zero attached hydrogens (tertiary/aromatic N) is 1. The molecule has 1 aromatic heterocycles. The molecule has 0 fully saturated rings. The van der Waals surface area contributed by atoms with Gasteiger partial charge in [-0.15, -0.1) is 0 Å². The first-order valence-corrected chi connectivity index (χ1v) is 6.48. The number of methoxy groups -OCH3 is 1. The van der Waals surface area contributed by atoms with Crippen LogP contribution in [-0.4, -0.2) is 11.7 Å². The molecule has 1 aromatic carbocycles. The Morgan fingerprint density at radius 3 is 2.20 bits per heavy atom. The zero-order valence-corrected chi connectivity index (χ0v) is 12.3. The van der Waals surface area contributed by atoms with Crippen molar-refractivity contribution in [3.8, 4) is 17.0 Å². The van der Waals surface area contributed by atoms with Crippen LogP contribution in [0.25, 0.3) is 11.3 Å². The molecule has 0 spiro atoms. The van der Waals surface area contributed by atoms with Crippen LogP contribution in [0.15, 0.2) is 41.2 Å². The summed E-state index contributed by atoms with van der Waals surface area (Å²) in [6.07, 6.45) is 0. The Bertz CT molecular complexity index is 664. The van der Waals surface area contributed by atoms with Crippen LogP contribution in [0.4, 0.5) is 0 Å². The number of pyridine rings is 1. The van der Waals surface area contributed by atoms with Crippen LogP contribution in [0, 0.1) is 0 Å². The Labute approximate surface area is 118 Å². The molecule has 2 N–H and O–H groups in total. The maximum atomic E-state index is 12.4. The molecule has 4 heteroatoms. The fourth-order valence-electron chi connectivity index (χ4n) is 2.18. The number of ether oxygens (including phenoxy) is 1. The molecular formula is C16H20N2O2. The second-order valence-corrected chi connectivity index (χ2v) is 5.45. The minimum atomic E-state index is -0.646. The lowest BCUT2D eigenvalue weighted by Gasteiger charge is -2.20. The lowest BCUT2D eigenvalue weighted by molar-refractivity contribution is 0.415. The van der Waals surface area contributed by atoms with Crippen molar-refractivity contribution in [1.29, 1.82) is 0 Å². The predicted molar refractivity (Wildman–Crippen MR) is 80.9 cm³/mol. The van der Waals surface area contributed by atoms with Gasteiger partial charge in [-0.25, -0.2) is 0 Å². The van der Waals surface area contributed by atoms with E-state index in [1.165, 1.54) is 0 Å². The topological polar surface area (TPSA) is 57.2 Å². The molecule has 0 saturated carbocycles. The summed E-state index contributed by atoms with van der Waals surface area (Å²) in [5.74, 6) is 0.790. The van der Waals surface area contributed by atoms with Crippen molar-refractivity contribution in [3.05, 3.63) is 52.3 Å². The predicted octanol–water partition coefficient (Wildman–Crippen LogP) is 2.25. The zero-order chi connectivity index (χ0) is 14.9. The van der Waals surface area contributed by atoms with E-state index in [2.05, 4.69) is 0 Å². The van der Waals surface area contributed by atoms with Crippen molar-refractivity contribution in [1.82, 2.24) is 4.57 Å². The van der Waals surface area contributed by atoms with Crippen LogP contribution < -0.4 is 16.0 Å². The Morgan fingerprint density at radius 1 is 1.10 bits per heavy atom. The summed E-state index contributed by atoms with van der Waals surface area (Å²) in [6.45, 7) is 3.66. The third-order valence-electron chi connectivity index (χ3n) is 3.38. The third-order valence-corrected chi connectivity index (χ3v) is 3.38. The van der Waals surface area contributed by atoms with Crippen LogP contribution in [0.1, 0.15) is 19.4 Å². The van der Waals surface area contributed by atoms with Gasteiger partial charge in [0.15, 0.2) is 0 Å². The molecule has 106 valence electrons. The summed E-state index contributed by atoms with van der Waals surface area (Å²) in [5, 5.41) is 0. The van der Waals surface area contributed by atoms with Crippen molar-refractivity contribution in [2.24, 2.45) is 12.8 Å². The number of nitrogens with two attached hydrogens (primary N) is 1. The van der Waals surface area contributed by atoms with E-state index in [0.29, 0.717) is 5.56 Å². The molecule has 0 aliphatic heterocycles. The smallest absolute Gasteiger partial charge is 0.255 e. The van der Waals surface area contributed by atoms with E-state index >= 15 is 0 Å². The lowest BCUT2D eigenvalue weighted by Crippen LogP contribution is -2.37. The van der Waals surface area contributed by atoms with Gasteiger partial charge in [0.05, 0.1) is 12.8 Å². The molecule has 1 heterocycles. The van der Waals surface area contributed by atoms with E-state index in [4.69, 9.17) is 10.5 Å². The van der Waals surface area contributed by atoms with Gasteiger partial charge in [-0.2, -0.15) is 0 Å². The average molecular weight is 272 g/mol. The van der Waals surface area contributed by atoms with Gasteiger partial charge in [-0.3, -0.25) is 4.79 Å². The quantitative estimate of drug-likeness (QED) is 0.932. The molecule has 0 saturated heterocycles. The fraction of sp³-hybridized carbons (Fsp3) is 0.312. The molecule has 0 atom stereocenters. The highest BCUT2D eigenvalue weighted by Crippen LogP contribution is 2.22. The van der Waals surface area contributed by atoms with Gasteiger partial charge in [-0.05, 0) is 55.8 Å². The fourth-order valence-corrected chi connectivity index (χ4v) is 2.18. The van der Waals surface area contributed by atoms with E-state index in [0.717, 1.165) is 17.0 Å². The highest BCUT2D eigenvalue weighted by atomic mass is 16.5. The lowest BCUT2D eigenvalue weighted by atomic mass is 9.96. The van der Waals surface area contributed by atoms with Gasteiger partial charge >= 0.3 is 0 Å². The number of rotatable bonds is 3. The van der Waals surface area contributed by atoms with Gasteiger partial charge in [0.2, 0.25) is 0 Å². The van der Waals surface area contributed by atoms with Gasteiger partial charge in [-0.1, -0.05) is 0 Å². The number of benzene rings is 1. The monoisotopic (exact) mass is 272 g/mol. The van der Waals surface area contributed by atoms with Crippen molar-refractivity contribution in [3.63, 3.8) is 0 Å². The largest absolute Gasteiger partial charge is 0.497 e. The molecule has 0 aliphatic rings. The van der Waals surface area contributed by atoms with E-state index in [1.807, 2.05) is 50.2 Å². The highest BCUT2D eigenvalue weighted by Gasteiger charge is 2.19. The summed E-state index contributed by atoms with van der Waals surface area (Å²) in [7, 11) is 3.39. The van der Waals surface area contributed by atoms with Crippen LogP contribution in [-0.2, 0) is 12.6 Å². The first kappa shape index (κ1) is 14.3. The minimum Gasteiger partial charge on any atom is -0.497 e. The normalized spacial score (nSPS) is 11.4. The average Bonchev–Trinajstić information content (AvgIpc) is 2.40. The molecule has 0 bridgehead atoms. The summed E-state index contributed by atoms with van der Waals surface area (Å²) in [5.41, 5.74) is 7.74. The van der Waals surface area contributed by atoms with Crippen LogP contribution in [0.3, 0.4) is 0 Å². The Hall–Kier alpha value is -2.07. The Kier molecular flexibility index (Phi) is 3.68. The van der Waals surface area contributed by atoms with Crippen LogP contribution in [0.5, 0.6) is 5.75 Å². The second-order valence-electron chi connectivity index (χ2n) is 5.45. The van der Waals surface area contributed by atoms with Gasteiger partial charge in [0.1, 0.15) is 5.75 Å². The molecule has 0 radical (unpaired) electrons. The summed E-state index contributed by atoms with van der Waals surface area (Å²) in [6, 6.07) is 11.3. The molecule has 2 rings (SSSR count). The molecule has 4 nitrogen and oxygen atoms in total. The third kappa shape index (κ3) is 2.60. The van der Waals surface area contributed by atoms with Crippen molar-refractivity contribution in [2.45, 2.75) is 19.4 Å². The SMILES string of the molecule is COc1ccc(-c2ccc(C(C)(C)N)c(=O)n2C)cc1. The standard InChI is InChI=1S/C16H20N2O2/c1-16(2,17)13-9-10-14(18(3)15(13)19)11-5-7-12(20-4)8-6-11/h5-10H,17H2,1-4H3. The molecule has 0 amide bonds. The van der Waals surface area contributed by atoms with E-state index < -0.39 is 5.54 Å². The maximum Gasteiger partial charge on any atom is 0.255 e. The molecular weight excluding hydrogens is 252 g/mol. The molecule has 0 unspecified atom stereocenters. The van der Waals surface area contributed by atoms with Crippen molar-refractivity contribution in [2.75, 3.05) is 7.11 Å². The van der Waals surface area contributed by atoms with E-state index in [9.17, 15) is 4.79 Å². The zero-order valence-electron chi connectivity index (χ0n) is 12.3. The summed E-state index contributed by atoms with van der Waals surface area (Å²) < 4.78 is 6.77. The van der Waals surface area contributed by atoms with Crippen molar-refractivity contribution >= 4 is 0 Å². The first-order chi connectivity index (χ1) is 9.34. The minimum absolute atomic E-state index is 0.0641. The summed E-state index contributed by atoms with van der Waals surface area (Å²) in [4.78, 5) is 12.4. The van der Waals surface area contributed by atoms with Crippen molar-refractivity contribution < 1.29 is 4.74 Å². The first-order valence-electron chi connectivity index (χ1n) is 6.48. The highest BCUT2D eigenvalue weighted by molar-refractivity contribution is 5.61. The number of hydrogen-bond donors (Lipinski definition) is 1. The Balaban J connectivity index is 2.54. The van der Waals surface area contributed by atoms with Crippen LogP contribution in [0.2, 0.25) is 0 Å².